The molecule has 2 aliphatic rings. The third kappa shape index (κ3) is 3.98. The Kier molecular flexibility index (Phi) is 4.25. The van der Waals surface area contributed by atoms with Gasteiger partial charge in [0.1, 0.15) is 16.7 Å². The first-order chi connectivity index (χ1) is 12.6. The summed E-state index contributed by atoms with van der Waals surface area (Å²) in [7, 11) is 0. The molecule has 27 heavy (non-hydrogen) atoms. The van der Waals surface area contributed by atoms with Crippen LogP contribution in [-0.2, 0) is 4.74 Å². The van der Waals surface area contributed by atoms with Crippen LogP contribution in [0, 0.1) is 0 Å². The molecule has 0 aromatic carbocycles. The van der Waals surface area contributed by atoms with E-state index >= 15 is 0 Å². The Balaban J connectivity index is 1.46. The van der Waals surface area contributed by atoms with E-state index in [0.29, 0.717) is 29.8 Å². The number of fused-ring (bicyclic) bond motifs is 1. The van der Waals surface area contributed by atoms with Crippen molar-refractivity contribution in [1.82, 2.24) is 19.9 Å². The highest BCUT2D eigenvalue weighted by Gasteiger charge is 2.45. The van der Waals surface area contributed by atoms with Crippen molar-refractivity contribution in [3.8, 4) is 5.88 Å². The Morgan fingerprint density at radius 2 is 2.07 bits per heavy atom. The summed E-state index contributed by atoms with van der Waals surface area (Å²) in [6.07, 6.45) is 6.88. The first-order valence-electron chi connectivity index (χ1n) is 9.34. The first-order valence-corrected chi connectivity index (χ1v) is 9.72. The van der Waals surface area contributed by atoms with Gasteiger partial charge in [0.15, 0.2) is 5.15 Å². The maximum Gasteiger partial charge on any atom is 0.407 e. The molecule has 0 saturated heterocycles. The maximum atomic E-state index is 11.9. The quantitative estimate of drug-likeness (QED) is 0.848. The predicted molar refractivity (Wildman–Crippen MR) is 101 cm³/mol. The highest BCUT2D eigenvalue weighted by Crippen LogP contribution is 2.45. The van der Waals surface area contributed by atoms with E-state index in [1.165, 1.54) is 18.4 Å². The summed E-state index contributed by atoms with van der Waals surface area (Å²) in [6.45, 7) is 7.56. The van der Waals surface area contributed by atoms with Gasteiger partial charge in [-0.2, -0.15) is 10.1 Å². The number of hydrogen-bond donors (Lipinski definition) is 1. The Hall–Kier alpha value is -2.02. The first kappa shape index (κ1) is 18.3. The SMILES string of the molecule is CC(C)(C)OC(=O)N[C@H]1C[C@@](C)(Oc2nc(Cl)cn3ncc(C4CC4)c23)C1. The number of carbonyl (C=O) groups excluding carboxylic acids is 1. The topological polar surface area (TPSA) is 77.8 Å². The number of nitrogens with zero attached hydrogens (tertiary/aromatic N) is 3. The molecule has 1 amide bonds. The van der Waals surface area contributed by atoms with Crippen LogP contribution >= 0.6 is 11.6 Å². The number of amides is 1. The molecule has 2 aromatic heterocycles. The van der Waals surface area contributed by atoms with Crippen molar-refractivity contribution in [3.05, 3.63) is 23.1 Å². The summed E-state index contributed by atoms with van der Waals surface area (Å²) in [6, 6.07) is 0.0212. The van der Waals surface area contributed by atoms with Crippen molar-refractivity contribution in [2.45, 2.75) is 76.5 Å². The van der Waals surface area contributed by atoms with E-state index in [2.05, 4.69) is 15.4 Å². The van der Waals surface area contributed by atoms with Gasteiger partial charge in [0.2, 0.25) is 5.88 Å². The van der Waals surface area contributed by atoms with Gasteiger partial charge in [-0.05, 0) is 46.5 Å². The second-order valence-electron chi connectivity index (χ2n) is 8.84. The molecule has 0 spiro atoms. The summed E-state index contributed by atoms with van der Waals surface area (Å²) in [4.78, 5) is 16.3. The molecular formula is C19H25ClN4O3. The monoisotopic (exact) mass is 392 g/mol. The van der Waals surface area contributed by atoms with E-state index in [1.807, 2.05) is 33.9 Å². The molecule has 2 aliphatic carbocycles. The van der Waals surface area contributed by atoms with Crippen LogP contribution in [0.2, 0.25) is 5.15 Å². The molecule has 0 aliphatic heterocycles. The van der Waals surface area contributed by atoms with Crippen molar-refractivity contribution in [2.24, 2.45) is 0 Å². The van der Waals surface area contributed by atoms with Crippen molar-refractivity contribution < 1.29 is 14.3 Å². The molecule has 2 saturated carbocycles. The van der Waals surface area contributed by atoms with E-state index in [9.17, 15) is 4.79 Å². The highest BCUT2D eigenvalue weighted by molar-refractivity contribution is 6.29. The molecule has 0 unspecified atom stereocenters. The third-order valence-electron chi connectivity index (χ3n) is 4.90. The van der Waals surface area contributed by atoms with Crippen molar-refractivity contribution >= 4 is 23.2 Å². The number of nitrogens with one attached hydrogen (secondary N) is 1. The Bertz CT molecular complexity index is 879. The maximum absolute atomic E-state index is 11.9. The van der Waals surface area contributed by atoms with Crippen LogP contribution < -0.4 is 10.1 Å². The Labute approximate surface area is 163 Å². The lowest BCUT2D eigenvalue weighted by Crippen LogP contribution is -2.57. The second kappa shape index (κ2) is 6.26. The molecule has 7 nitrogen and oxygen atoms in total. The fourth-order valence-corrected chi connectivity index (χ4v) is 3.78. The Morgan fingerprint density at radius 1 is 1.37 bits per heavy atom. The van der Waals surface area contributed by atoms with Crippen LogP contribution in [-0.4, -0.2) is 37.9 Å². The number of carbonyl (C=O) groups is 1. The van der Waals surface area contributed by atoms with E-state index < -0.39 is 17.3 Å². The lowest BCUT2D eigenvalue weighted by Gasteiger charge is -2.44. The van der Waals surface area contributed by atoms with Gasteiger partial charge in [0.25, 0.3) is 0 Å². The molecule has 2 aromatic rings. The number of rotatable bonds is 4. The van der Waals surface area contributed by atoms with Gasteiger partial charge in [0, 0.05) is 24.4 Å². The lowest BCUT2D eigenvalue weighted by molar-refractivity contribution is -0.0217. The summed E-state index contributed by atoms with van der Waals surface area (Å²) in [5.74, 6) is 1.05. The standard InChI is InChI=1S/C19H25ClN4O3/c1-18(2,3)27-17(25)22-12-7-19(4,8-12)26-16-15-13(11-5-6-11)9-21-24(15)10-14(20)23-16/h9-12H,5-8H2,1-4H3,(H,22,25)/t12-,19+. The lowest BCUT2D eigenvalue weighted by atomic mass is 9.77. The summed E-state index contributed by atoms with van der Waals surface area (Å²) in [5, 5.41) is 7.64. The van der Waals surface area contributed by atoms with Gasteiger partial charge in [0.05, 0.1) is 12.4 Å². The minimum absolute atomic E-state index is 0.0212. The van der Waals surface area contributed by atoms with Crippen LogP contribution in [0.5, 0.6) is 5.88 Å². The Morgan fingerprint density at radius 3 is 2.70 bits per heavy atom. The van der Waals surface area contributed by atoms with Crippen LogP contribution in [0.4, 0.5) is 4.79 Å². The minimum Gasteiger partial charge on any atom is -0.470 e. The molecule has 2 fully saturated rings. The summed E-state index contributed by atoms with van der Waals surface area (Å²) < 4.78 is 13.3. The molecule has 4 rings (SSSR count). The number of halogens is 1. The van der Waals surface area contributed by atoms with Crippen LogP contribution in [0.15, 0.2) is 12.4 Å². The zero-order valence-electron chi connectivity index (χ0n) is 16.1. The van der Waals surface area contributed by atoms with E-state index in [0.717, 1.165) is 5.52 Å². The number of ether oxygens (including phenoxy) is 2. The highest BCUT2D eigenvalue weighted by atomic mass is 35.5. The van der Waals surface area contributed by atoms with Crippen LogP contribution in [0.1, 0.15) is 64.9 Å². The average Bonchev–Trinajstić information content (AvgIpc) is 3.23. The van der Waals surface area contributed by atoms with E-state index in [4.69, 9.17) is 21.1 Å². The van der Waals surface area contributed by atoms with Crippen LogP contribution in [0.25, 0.3) is 5.52 Å². The van der Waals surface area contributed by atoms with E-state index in [1.54, 1.807) is 10.7 Å². The zero-order chi connectivity index (χ0) is 19.4. The normalized spacial score (nSPS) is 25.1. The largest absolute Gasteiger partial charge is 0.470 e. The van der Waals surface area contributed by atoms with Gasteiger partial charge >= 0.3 is 6.09 Å². The molecule has 0 atom stereocenters. The second-order valence-corrected chi connectivity index (χ2v) is 9.23. The molecule has 146 valence electrons. The van der Waals surface area contributed by atoms with E-state index in [-0.39, 0.29) is 6.04 Å². The fourth-order valence-electron chi connectivity index (χ4n) is 3.61. The average molecular weight is 393 g/mol. The zero-order valence-corrected chi connectivity index (χ0v) is 16.8. The molecule has 0 radical (unpaired) electrons. The van der Waals surface area contributed by atoms with Gasteiger partial charge in [-0.15, -0.1) is 0 Å². The van der Waals surface area contributed by atoms with Gasteiger partial charge < -0.3 is 14.8 Å². The summed E-state index contributed by atoms with van der Waals surface area (Å²) in [5.41, 5.74) is 1.14. The van der Waals surface area contributed by atoms with Crippen molar-refractivity contribution in [1.29, 1.82) is 0 Å². The predicted octanol–water partition coefficient (Wildman–Crippen LogP) is 4.08. The number of alkyl carbamates (subject to hydrolysis) is 1. The van der Waals surface area contributed by atoms with Crippen molar-refractivity contribution in [3.63, 3.8) is 0 Å². The number of hydrogen-bond acceptors (Lipinski definition) is 5. The molecular weight excluding hydrogens is 368 g/mol. The molecule has 0 bridgehead atoms. The smallest absolute Gasteiger partial charge is 0.407 e. The molecule has 8 heteroatoms. The van der Waals surface area contributed by atoms with Gasteiger partial charge in [-0.3, -0.25) is 0 Å². The van der Waals surface area contributed by atoms with Crippen LogP contribution in [0.3, 0.4) is 0 Å². The number of aromatic nitrogens is 3. The van der Waals surface area contributed by atoms with Gasteiger partial charge in [-0.25, -0.2) is 9.31 Å². The van der Waals surface area contributed by atoms with Gasteiger partial charge in [-0.1, -0.05) is 11.6 Å². The summed E-state index contributed by atoms with van der Waals surface area (Å²) >= 11 is 6.15. The fraction of sp³-hybridized carbons (Fsp3) is 0.632. The molecule has 2 heterocycles. The van der Waals surface area contributed by atoms with Crippen molar-refractivity contribution in [2.75, 3.05) is 0 Å². The molecule has 1 N–H and O–H groups in total. The third-order valence-corrected chi connectivity index (χ3v) is 5.08. The minimum atomic E-state index is -0.509.